The van der Waals surface area contributed by atoms with Gasteiger partial charge in [-0.2, -0.15) is 0 Å². The predicted molar refractivity (Wildman–Crippen MR) is 83.5 cm³/mol. The molecule has 0 aromatic carbocycles. The summed E-state index contributed by atoms with van der Waals surface area (Å²) >= 11 is 0. The average Bonchev–Trinajstić information content (AvgIpc) is 3.05. The van der Waals surface area contributed by atoms with E-state index in [1.807, 2.05) is 30.0 Å². The summed E-state index contributed by atoms with van der Waals surface area (Å²) in [5.74, 6) is 1.55. The molecule has 22 heavy (non-hydrogen) atoms. The van der Waals surface area contributed by atoms with Crippen molar-refractivity contribution >= 4 is 17.5 Å². The molecule has 6 nitrogen and oxygen atoms in total. The number of pyridine rings is 1. The van der Waals surface area contributed by atoms with Crippen LogP contribution < -0.4 is 5.32 Å². The standard InChI is InChI=1S/C16H19N5O/c1-2-14(22)21-11-5-6-12(21)15-16(19-10-9-18-15)20-13-7-3-4-8-17-13/h3-4,7-10,12H,2,5-6,11H2,1H3,(H,17,19,20)/t12-/m1/s1. The Bertz CT molecular complexity index is 646. The van der Waals surface area contributed by atoms with Crippen molar-refractivity contribution in [3.8, 4) is 0 Å². The molecule has 1 saturated heterocycles. The van der Waals surface area contributed by atoms with E-state index in [-0.39, 0.29) is 11.9 Å². The molecular weight excluding hydrogens is 278 g/mol. The topological polar surface area (TPSA) is 71.0 Å². The number of hydrogen-bond acceptors (Lipinski definition) is 5. The third-order valence-corrected chi connectivity index (χ3v) is 3.83. The van der Waals surface area contributed by atoms with Gasteiger partial charge in [-0.1, -0.05) is 13.0 Å². The molecule has 0 saturated carbocycles. The first-order valence-corrected chi connectivity index (χ1v) is 7.58. The Morgan fingerprint density at radius 2 is 2.14 bits per heavy atom. The zero-order valence-electron chi connectivity index (χ0n) is 12.6. The van der Waals surface area contributed by atoms with Gasteiger partial charge in [0, 0.05) is 31.6 Å². The van der Waals surface area contributed by atoms with Crippen LogP contribution in [0.3, 0.4) is 0 Å². The van der Waals surface area contributed by atoms with Crippen molar-refractivity contribution in [1.29, 1.82) is 0 Å². The van der Waals surface area contributed by atoms with Gasteiger partial charge in [0.25, 0.3) is 0 Å². The molecule has 1 atom stereocenters. The van der Waals surface area contributed by atoms with E-state index < -0.39 is 0 Å². The Balaban J connectivity index is 1.89. The molecule has 2 aromatic heterocycles. The molecule has 114 valence electrons. The quantitative estimate of drug-likeness (QED) is 0.939. The van der Waals surface area contributed by atoms with Crippen LogP contribution in [0.1, 0.15) is 37.9 Å². The van der Waals surface area contributed by atoms with Crippen molar-refractivity contribution in [3.63, 3.8) is 0 Å². The van der Waals surface area contributed by atoms with Crippen LogP contribution in [0.25, 0.3) is 0 Å². The van der Waals surface area contributed by atoms with Gasteiger partial charge in [0.15, 0.2) is 5.82 Å². The minimum atomic E-state index is -0.00707. The number of hydrogen-bond donors (Lipinski definition) is 1. The minimum Gasteiger partial charge on any atom is -0.334 e. The summed E-state index contributed by atoms with van der Waals surface area (Å²) in [4.78, 5) is 27.1. The zero-order valence-corrected chi connectivity index (χ0v) is 12.6. The molecule has 1 fully saturated rings. The lowest BCUT2D eigenvalue weighted by molar-refractivity contribution is -0.131. The summed E-state index contributed by atoms with van der Waals surface area (Å²) in [6.45, 7) is 2.68. The first-order chi connectivity index (χ1) is 10.8. The Hall–Kier alpha value is -2.50. The van der Waals surface area contributed by atoms with Gasteiger partial charge >= 0.3 is 0 Å². The van der Waals surface area contributed by atoms with E-state index in [1.54, 1.807) is 18.6 Å². The van der Waals surface area contributed by atoms with Crippen LogP contribution in [-0.4, -0.2) is 32.3 Å². The molecular formula is C16H19N5O. The van der Waals surface area contributed by atoms with Crippen molar-refractivity contribution in [2.75, 3.05) is 11.9 Å². The maximum Gasteiger partial charge on any atom is 0.222 e. The Labute approximate surface area is 129 Å². The van der Waals surface area contributed by atoms with Gasteiger partial charge in [-0.3, -0.25) is 9.78 Å². The molecule has 0 spiro atoms. The largest absolute Gasteiger partial charge is 0.334 e. The lowest BCUT2D eigenvalue weighted by atomic mass is 10.1. The fourth-order valence-corrected chi connectivity index (χ4v) is 2.80. The highest BCUT2D eigenvalue weighted by molar-refractivity contribution is 5.77. The second-order valence-electron chi connectivity index (χ2n) is 5.23. The minimum absolute atomic E-state index is 0.00707. The second kappa shape index (κ2) is 6.51. The van der Waals surface area contributed by atoms with Crippen LogP contribution in [0, 0.1) is 0 Å². The number of aromatic nitrogens is 3. The van der Waals surface area contributed by atoms with E-state index in [4.69, 9.17) is 0 Å². The van der Waals surface area contributed by atoms with E-state index in [0.717, 1.165) is 30.9 Å². The molecule has 0 unspecified atom stereocenters. The van der Waals surface area contributed by atoms with Gasteiger partial charge in [0.2, 0.25) is 5.91 Å². The van der Waals surface area contributed by atoms with Crippen LogP contribution in [0.15, 0.2) is 36.8 Å². The van der Waals surface area contributed by atoms with E-state index in [9.17, 15) is 4.79 Å². The van der Waals surface area contributed by atoms with Crippen LogP contribution in [0.4, 0.5) is 11.6 Å². The second-order valence-corrected chi connectivity index (χ2v) is 5.23. The molecule has 1 N–H and O–H groups in total. The van der Waals surface area contributed by atoms with Gasteiger partial charge in [-0.25, -0.2) is 9.97 Å². The Kier molecular flexibility index (Phi) is 4.27. The molecule has 1 aliphatic rings. The van der Waals surface area contributed by atoms with E-state index >= 15 is 0 Å². The molecule has 3 heterocycles. The van der Waals surface area contributed by atoms with Crippen LogP contribution in [0.5, 0.6) is 0 Å². The molecule has 2 aromatic rings. The number of amides is 1. The monoisotopic (exact) mass is 297 g/mol. The van der Waals surface area contributed by atoms with Crippen LogP contribution in [0.2, 0.25) is 0 Å². The fraction of sp³-hybridized carbons (Fsp3) is 0.375. The number of anilines is 2. The van der Waals surface area contributed by atoms with Gasteiger partial charge in [0.05, 0.1) is 6.04 Å². The SMILES string of the molecule is CCC(=O)N1CCC[C@@H]1c1nccnc1Nc1ccccn1. The number of nitrogens with zero attached hydrogens (tertiary/aromatic N) is 4. The summed E-state index contributed by atoms with van der Waals surface area (Å²) in [5.41, 5.74) is 0.812. The highest BCUT2D eigenvalue weighted by Gasteiger charge is 2.32. The lowest BCUT2D eigenvalue weighted by Crippen LogP contribution is -2.30. The molecule has 6 heteroatoms. The number of likely N-dealkylation sites (tertiary alicyclic amines) is 1. The maximum absolute atomic E-state index is 12.1. The number of nitrogens with one attached hydrogen (secondary N) is 1. The molecule has 1 amide bonds. The fourth-order valence-electron chi connectivity index (χ4n) is 2.80. The Morgan fingerprint density at radius 1 is 1.27 bits per heavy atom. The van der Waals surface area contributed by atoms with Crippen molar-refractivity contribution in [3.05, 3.63) is 42.5 Å². The summed E-state index contributed by atoms with van der Waals surface area (Å²) in [5, 5.41) is 3.20. The van der Waals surface area contributed by atoms with E-state index in [2.05, 4.69) is 20.3 Å². The van der Waals surface area contributed by atoms with Crippen LogP contribution >= 0.6 is 0 Å². The predicted octanol–water partition coefficient (Wildman–Crippen LogP) is 2.69. The number of carbonyl (C=O) groups is 1. The molecule has 1 aliphatic heterocycles. The van der Waals surface area contributed by atoms with E-state index in [1.165, 1.54) is 0 Å². The summed E-state index contributed by atoms with van der Waals surface area (Å²) in [6, 6.07) is 5.64. The highest BCUT2D eigenvalue weighted by Crippen LogP contribution is 2.34. The third-order valence-electron chi connectivity index (χ3n) is 3.83. The van der Waals surface area contributed by atoms with Crippen molar-refractivity contribution < 1.29 is 4.79 Å². The van der Waals surface area contributed by atoms with Crippen molar-refractivity contribution in [2.24, 2.45) is 0 Å². The number of rotatable bonds is 4. The highest BCUT2D eigenvalue weighted by atomic mass is 16.2. The summed E-state index contributed by atoms with van der Waals surface area (Å²) < 4.78 is 0. The smallest absolute Gasteiger partial charge is 0.222 e. The van der Waals surface area contributed by atoms with Gasteiger partial charge in [-0.15, -0.1) is 0 Å². The van der Waals surface area contributed by atoms with E-state index in [0.29, 0.717) is 12.2 Å². The number of carbonyl (C=O) groups excluding carboxylic acids is 1. The van der Waals surface area contributed by atoms with Gasteiger partial charge < -0.3 is 10.2 Å². The zero-order chi connectivity index (χ0) is 15.4. The Morgan fingerprint density at radius 3 is 2.91 bits per heavy atom. The molecule has 0 bridgehead atoms. The van der Waals surface area contributed by atoms with Crippen molar-refractivity contribution in [1.82, 2.24) is 19.9 Å². The molecule has 0 aliphatic carbocycles. The first kappa shape index (κ1) is 14.4. The maximum atomic E-state index is 12.1. The van der Waals surface area contributed by atoms with Gasteiger partial charge in [-0.05, 0) is 25.0 Å². The van der Waals surface area contributed by atoms with Crippen LogP contribution in [-0.2, 0) is 4.79 Å². The molecule has 0 radical (unpaired) electrons. The summed E-state index contributed by atoms with van der Waals surface area (Å²) in [6.07, 6.45) is 7.47. The normalized spacial score (nSPS) is 17.5. The third kappa shape index (κ3) is 2.90. The lowest BCUT2D eigenvalue weighted by Gasteiger charge is -2.25. The average molecular weight is 297 g/mol. The first-order valence-electron chi connectivity index (χ1n) is 7.58. The van der Waals surface area contributed by atoms with Crippen molar-refractivity contribution in [2.45, 2.75) is 32.2 Å². The van der Waals surface area contributed by atoms with Gasteiger partial charge in [0.1, 0.15) is 11.5 Å². The summed E-state index contributed by atoms with van der Waals surface area (Å²) in [7, 11) is 0. The molecule has 3 rings (SSSR count).